The van der Waals surface area contributed by atoms with Crippen LogP contribution in [0.5, 0.6) is 0 Å². The fraction of sp³-hybridized carbons (Fsp3) is 1.00. The highest BCUT2D eigenvalue weighted by atomic mass is 15.2. The number of hydrogen-bond donors (Lipinski definition) is 1. The van der Waals surface area contributed by atoms with Crippen LogP contribution in [0.3, 0.4) is 0 Å². The Kier molecular flexibility index (Phi) is 5.26. The third-order valence-corrected chi connectivity index (χ3v) is 4.50. The quantitative estimate of drug-likeness (QED) is 0.803. The van der Waals surface area contributed by atoms with Crippen molar-refractivity contribution in [2.24, 2.45) is 0 Å². The zero-order valence-corrected chi connectivity index (χ0v) is 11.6. The smallest absolute Gasteiger partial charge is 0.0221 e. The van der Waals surface area contributed by atoms with Gasteiger partial charge in [-0.15, -0.1) is 0 Å². The molecule has 0 bridgehead atoms. The molecule has 0 radical (unpaired) electrons. The molecule has 0 aromatic rings. The van der Waals surface area contributed by atoms with E-state index < -0.39 is 0 Å². The third kappa shape index (κ3) is 3.94. The molecule has 0 spiro atoms. The summed E-state index contributed by atoms with van der Waals surface area (Å²) in [5.74, 6) is 0. The molecule has 2 aliphatic rings. The van der Waals surface area contributed by atoms with E-state index in [0.717, 1.165) is 12.1 Å². The molecule has 2 saturated heterocycles. The van der Waals surface area contributed by atoms with Gasteiger partial charge in [0.2, 0.25) is 0 Å². The molecular formula is C14H29N3. The molecule has 0 amide bonds. The zero-order chi connectivity index (χ0) is 12.1. The summed E-state index contributed by atoms with van der Waals surface area (Å²) in [5.41, 5.74) is 0. The maximum absolute atomic E-state index is 3.82. The highest BCUT2D eigenvalue weighted by molar-refractivity contribution is 4.82. The van der Waals surface area contributed by atoms with Crippen molar-refractivity contribution in [1.29, 1.82) is 0 Å². The first kappa shape index (κ1) is 13.3. The van der Waals surface area contributed by atoms with Crippen LogP contribution in [0.4, 0.5) is 0 Å². The predicted molar refractivity (Wildman–Crippen MR) is 73.4 cm³/mol. The zero-order valence-electron chi connectivity index (χ0n) is 11.6. The van der Waals surface area contributed by atoms with Gasteiger partial charge >= 0.3 is 0 Å². The van der Waals surface area contributed by atoms with Gasteiger partial charge in [-0.2, -0.15) is 0 Å². The summed E-state index contributed by atoms with van der Waals surface area (Å²) >= 11 is 0. The Morgan fingerprint density at radius 3 is 2.71 bits per heavy atom. The Morgan fingerprint density at radius 2 is 1.88 bits per heavy atom. The lowest BCUT2D eigenvalue weighted by atomic mass is 10.1. The van der Waals surface area contributed by atoms with Gasteiger partial charge in [-0.05, 0) is 65.3 Å². The molecule has 100 valence electrons. The Balaban J connectivity index is 1.70. The molecule has 2 rings (SSSR count). The topological polar surface area (TPSA) is 18.5 Å². The second-order valence-corrected chi connectivity index (χ2v) is 5.76. The Hall–Kier alpha value is -0.120. The van der Waals surface area contributed by atoms with Crippen LogP contribution < -0.4 is 5.32 Å². The number of likely N-dealkylation sites (tertiary alicyclic amines) is 2. The summed E-state index contributed by atoms with van der Waals surface area (Å²) in [6.45, 7) is 8.58. The van der Waals surface area contributed by atoms with Crippen LogP contribution in [0.25, 0.3) is 0 Å². The van der Waals surface area contributed by atoms with Crippen LogP contribution in [-0.2, 0) is 0 Å². The van der Waals surface area contributed by atoms with E-state index in [1.54, 1.807) is 0 Å². The van der Waals surface area contributed by atoms with E-state index in [0.29, 0.717) is 0 Å². The predicted octanol–water partition coefficient (Wildman–Crippen LogP) is 1.54. The van der Waals surface area contributed by atoms with Crippen molar-refractivity contribution in [2.75, 3.05) is 39.8 Å². The summed E-state index contributed by atoms with van der Waals surface area (Å²) in [4.78, 5) is 5.10. The summed E-state index contributed by atoms with van der Waals surface area (Å²) in [6, 6.07) is 1.57. The number of likely N-dealkylation sites (N-methyl/N-ethyl adjacent to an activating group) is 1. The largest absolute Gasteiger partial charge is 0.312 e. The fourth-order valence-electron chi connectivity index (χ4n) is 3.29. The van der Waals surface area contributed by atoms with Crippen molar-refractivity contribution >= 4 is 0 Å². The average molecular weight is 239 g/mol. The van der Waals surface area contributed by atoms with Crippen molar-refractivity contribution in [3.8, 4) is 0 Å². The molecule has 2 heterocycles. The van der Waals surface area contributed by atoms with E-state index in [4.69, 9.17) is 0 Å². The molecule has 3 heteroatoms. The van der Waals surface area contributed by atoms with E-state index in [-0.39, 0.29) is 0 Å². The van der Waals surface area contributed by atoms with Crippen LogP contribution >= 0.6 is 0 Å². The van der Waals surface area contributed by atoms with E-state index >= 15 is 0 Å². The van der Waals surface area contributed by atoms with Gasteiger partial charge in [-0.1, -0.05) is 6.92 Å². The Bertz CT molecular complexity index is 220. The maximum atomic E-state index is 3.82. The first-order valence-electron chi connectivity index (χ1n) is 7.45. The summed E-state index contributed by atoms with van der Waals surface area (Å²) in [5, 5.41) is 3.82. The molecule has 0 saturated carbocycles. The normalized spacial score (nSPS) is 32.8. The van der Waals surface area contributed by atoms with E-state index in [2.05, 4.69) is 29.1 Å². The lowest BCUT2D eigenvalue weighted by Crippen LogP contribution is -2.42. The second-order valence-electron chi connectivity index (χ2n) is 5.76. The van der Waals surface area contributed by atoms with Crippen molar-refractivity contribution in [2.45, 2.75) is 51.1 Å². The first-order chi connectivity index (χ1) is 8.29. The fourth-order valence-corrected chi connectivity index (χ4v) is 3.29. The third-order valence-electron chi connectivity index (χ3n) is 4.50. The summed E-state index contributed by atoms with van der Waals surface area (Å²) < 4.78 is 0. The molecule has 0 aromatic carbocycles. The molecule has 1 N–H and O–H groups in total. The molecule has 0 aromatic heterocycles. The molecule has 0 aliphatic carbocycles. The summed E-state index contributed by atoms with van der Waals surface area (Å²) in [6.07, 6.45) is 6.84. The van der Waals surface area contributed by atoms with Crippen molar-refractivity contribution in [3.05, 3.63) is 0 Å². The van der Waals surface area contributed by atoms with Crippen LogP contribution in [-0.4, -0.2) is 61.7 Å². The Morgan fingerprint density at radius 1 is 1.06 bits per heavy atom. The van der Waals surface area contributed by atoms with Gasteiger partial charge in [0, 0.05) is 18.6 Å². The minimum atomic E-state index is 0.763. The maximum Gasteiger partial charge on any atom is 0.0221 e. The standard InChI is InChI=1S/C14H29N3/c1-3-17-10-5-7-14(17)12-15-13-6-4-9-16(2)11-8-13/h13-15H,3-12H2,1-2H3. The molecule has 17 heavy (non-hydrogen) atoms. The SMILES string of the molecule is CCN1CCCC1CNC1CCCN(C)CC1. The average Bonchev–Trinajstić information content (AvgIpc) is 2.69. The van der Waals surface area contributed by atoms with Crippen LogP contribution in [0.15, 0.2) is 0 Å². The minimum Gasteiger partial charge on any atom is -0.312 e. The number of nitrogens with zero attached hydrogens (tertiary/aromatic N) is 2. The van der Waals surface area contributed by atoms with Gasteiger partial charge in [0.15, 0.2) is 0 Å². The number of rotatable bonds is 4. The molecular weight excluding hydrogens is 210 g/mol. The van der Waals surface area contributed by atoms with Gasteiger partial charge in [-0.3, -0.25) is 4.90 Å². The van der Waals surface area contributed by atoms with E-state index in [1.165, 1.54) is 64.8 Å². The van der Waals surface area contributed by atoms with Crippen molar-refractivity contribution in [3.63, 3.8) is 0 Å². The van der Waals surface area contributed by atoms with Crippen LogP contribution in [0.2, 0.25) is 0 Å². The monoisotopic (exact) mass is 239 g/mol. The van der Waals surface area contributed by atoms with E-state index in [9.17, 15) is 0 Å². The van der Waals surface area contributed by atoms with Gasteiger partial charge in [-0.25, -0.2) is 0 Å². The van der Waals surface area contributed by atoms with Crippen molar-refractivity contribution < 1.29 is 0 Å². The Labute approximate surface area is 107 Å². The first-order valence-corrected chi connectivity index (χ1v) is 7.45. The van der Waals surface area contributed by atoms with E-state index in [1.807, 2.05) is 0 Å². The number of hydrogen-bond acceptors (Lipinski definition) is 3. The lowest BCUT2D eigenvalue weighted by molar-refractivity contribution is 0.250. The minimum absolute atomic E-state index is 0.763. The van der Waals surface area contributed by atoms with Crippen molar-refractivity contribution in [1.82, 2.24) is 15.1 Å². The highest BCUT2D eigenvalue weighted by Gasteiger charge is 2.23. The second kappa shape index (κ2) is 6.72. The molecule has 2 fully saturated rings. The van der Waals surface area contributed by atoms with Gasteiger partial charge in [0.1, 0.15) is 0 Å². The van der Waals surface area contributed by atoms with Crippen LogP contribution in [0.1, 0.15) is 39.0 Å². The van der Waals surface area contributed by atoms with Gasteiger partial charge in [0.25, 0.3) is 0 Å². The molecule has 3 nitrogen and oxygen atoms in total. The molecule has 2 aliphatic heterocycles. The van der Waals surface area contributed by atoms with Crippen LogP contribution in [0, 0.1) is 0 Å². The molecule has 2 unspecified atom stereocenters. The molecule has 2 atom stereocenters. The lowest BCUT2D eigenvalue weighted by Gasteiger charge is -2.25. The highest BCUT2D eigenvalue weighted by Crippen LogP contribution is 2.17. The summed E-state index contributed by atoms with van der Waals surface area (Å²) in [7, 11) is 2.25. The number of nitrogens with one attached hydrogen (secondary N) is 1. The van der Waals surface area contributed by atoms with Gasteiger partial charge in [0.05, 0.1) is 0 Å². The van der Waals surface area contributed by atoms with Gasteiger partial charge < -0.3 is 10.2 Å².